The van der Waals surface area contributed by atoms with E-state index in [1.54, 1.807) is 16.5 Å². The van der Waals surface area contributed by atoms with Gasteiger partial charge in [-0.25, -0.2) is 12.8 Å². The summed E-state index contributed by atoms with van der Waals surface area (Å²) in [6, 6.07) is 26.8. The van der Waals surface area contributed by atoms with Gasteiger partial charge in [0, 0.05) is 0 Å². The summed E-state index contributed by atoms with van der Waals surface area (Å²) in [6.45, 7) is 0.594. The minimum atomic E-state index is -3.71. The fraction of sp³-hybridized carbons (Fsp3) is 0.130. The van der Waals surface area contributed by atoms with Crippen LogP contribution in [0, 0.1) is 0 Å². The number of benzene rings is 3. The highest BCUT2D eigenvalue weighted by atomic mass is 32.2. The number of fused-ring (bicyclic) bond motifs is 3. The first-order valence-corrected chi connectivity index (χ1v) is 11.6. The first-order chi connectivity index (χ1) is 15.1. The van der Waals surface area contributed by atoms with Gasteiger partial charge in [0.25, 0.3) is 5.16 Å². The molecule has 0 bridgehead atoms. The Labute approximate surface area is 179 Å². The zero-order valence-electron chi connectivity index (χ0n) is 16.6. The molecule has 0 aliphatic heterocycles. The lowest BCUT2D eigenvalue weighted by molar-refractivity contribution is 0.340. The average molecular weight is 433 g/mol. The normalized spacial score (nSPS) is 11.9. The Morgan fingerprint density at radius 1 is 0.774 bits per heavy atom. The maximum absolute atomic E-state index is 13.1. The van der Waals surface area contributed by atoms with E-state index in [4.69, 9.17) is 4.74 Å². The van der Waals surface area contributed by atoms with Gasteiger partial charge in [-0.15, -0.1) is 10.2 Å². The van der Waals surface area contributed by atoms with E-state index in [0.717, 1.165) is 16.6 Å². The molecule has 5 rings (SSSR count). The van der Waals surface area contributed by atoms with Gasteiger partial charge in [0.1, 0.15) is 12.4 Å². The molecule has 0 aliphatic rings. The van der Waals surface area contributed by atoms with Crippen molar-refractivity contribution in [3.05, 3.63) is 90.5 Å². The molecule has 7 nitrogen and oxygen atoms in total. The van der Waals surface area contributed by atoms with Gasteiger partial charge in [-0.3, -0.25) is 0 Å². The Morgan fingerprint density at radius 3 is 2.16 bits per heavy atom. The van der Waals surface area contributed by atoms with Gasteiger partial charge in [-0.05, 0) is 29.8 Å². The van der Waals surface area contributed by atoms with Crippen LogP contribution in [0.15, 0.2) is 90.1 Å². The summed E-state index contributed by atoms with van der Waals surface area (Å²) < 4.78 is 35.4. The number of hydrogen-bond donors (Lipinski definition) is 0. The zero-order valence-corrected chi connectivity index (χ0v) is 17.4. The molecule has 0 spiro atoms. The van der Waals surface area contributed by atoms with Crippen molar-refractivity contribution >= 4 is 26.6 Å². The third-order valence-electron chi connectivity index (χ3n) is 5.10. The molecule has 3 aromatic carbocycles. The van der Waals surface area contributed by atoms with Crippen LogP contribution in [0.2, 0.25) is 0 Å². The number of sulfone groups is 1. The summed E-state index contributed by atoms with van der Waals surface area (Å²) in [4.78, 5) is 0. The number of para-hydroxylation sites is 3. The predicted octanol–water partition coefficient (Wildman–Crippen LogP) is 3.59. The number of imidazole rings is 1. The fourth-order valence-electron chi connectivity index (χ4n) is 3.64. The summed E-state index contributed by atoms with van der Waals surface area (Å²) in [5, 5.41) is 8.23. The Balaban J connectivity index is 1.52. The van der Waals surface area contributed by atoms with Gasteiger partial charge >= 0.3 is 0 Å². The minimum Gasteiger partial charge on any atom is -0.493 e. The van der Waals surface area contributed by atoms with Crippen LogP contribution in [0.25, 0.3) is 16.8 Å². The SMILES string of the molecule is O=S(=O)(CCOc1ccccc1)c1nnc2n(Cc3ccccc3)c3ccccc3n12. The summed E-state index contributed by atoms with van der Waals surface area (Å²) in [5.74, 6) is 0.928. The van der Waals surface area contributed by atoms with Crippen molar-refractivity contribution in [1.82, 2.24) is 19.2 Å². The van der Waals surface area contributed by atoms with E-state index in [2.05, 4.69) is 10.2 Å². The highest BCUT2D eigenvalue weighted by Crippen LogP contribution is 2.24. The third kappa shape index (κ3) is 3.66. The van der Waals surface area contributed by atoms with Gasteiger partial charge in [0.15, 0.2) is 0 Å². The highest BCUT2D eigenvalue weighted by molar-refractivity contribution is 7.91. The van der Waals surface area contributed by atoms with E-state index in [9.17, 15) is 8.42 Å². The molecule has 0 amide bonds. The van der Waals surface area contributed by atoms with E-state index in [0.29, 0.717) is 18.1 Å². The van der Waals surface area contributed by atoms with Crippen molar-refractivity contribution in [2.45, 2.75) is 11.7 Å². The number of ether oxygens (including phenoxy) is 1. The molecule has 2 heterocycles. The van der Waals surface area contributed by atoms with Gasteiger partial charge < -0.3 is 9.30 Å². The molecule has 0 unspecified atom stereocenters. The molecule has 0 saturated carbocycles. The summed E-state index contributed by atoms with van der Waals surface area (Å²) in [6.07, 6.45) is 0. The Morgan fingerprint density at radius 2 is 1.42 bits per heavy atom. The van der Waals surface area contributed by atoms with Gasteiger partial charge in [-0.1, -0.05) is 60.7 Å². The standard InChI is InChI=1S/C23H20N4O3S/c28-31(29,16-15-30-19-11-5-2-6-12-19)23-25-24-22-26(17-18-9-3-1-4-10-18)20-13-7-8-14-21(20)27(22)23/h1-14H,15-17H2. The highest BCUT2D eigenvalue weighted by Gasteiger charge is 2.26. The molecule has 0 N–H and O–H groups in total. The lowest BCUT2D eigenvalue weighted by Gasteiger charge is -2.06. The van der Waals surface area contributed by atoms with Crippen molar-refractivity contribution in [2.24, 2.45) is 0 Å². The van der Waals surface area contributed by atoms with Crippen LogP contribution in [-0.2, 0) is 16.4 Å². The van der Waals surface area contributed by atoms with Gasteiger partial charge in [-0.2, -0.15) is 0 Å². The topological polar surface area (TPSA) is 78.5 Å². The summed E-state index contributed by atoms with van der Waals surface area (Å²) >= 11 is 0. The maximum Gasteiger partial charge on any atom is 0.256 e. The van der Waals surface area contributed by atoms with E-state index >= 15 is 0 Å². The maximum atomic E-state index is 13.1. The predicted molar refractivity (Wildman–Crippen MR) is 118 cm³/mol. The van der Waals surface area contributed by atoms with E-state index in [-0.39, 0.29) is 17.5 Å². The van der Waals surface area contributed by atoms with Crippen LogP contribution in [0.3, 0.4) is 0 Å². The molecule has 0 atom stereocenters. The van der Waals surface area contributed by atoms with Crippen molar-refractivity contribution < 1.29 is 13.2 Å². The molecular weight excluding hydrogens is 412 g/mol. The van der Waals surface area contributed by atoms with Crippen LogP contribution < -0.4 is 4.74 Å². The number of rotatable bonds is 7. The lowest BCUT2D eigenvalue weighted by Crippen LogP contribution is -2.16. The third-order valence-corrected chi connectivity index (χ3v) is 6.62. The lowest BCUT2D eigenvalue weighted by atomic mass is 10.2. The second-order valence-corrected chi connectivity index (χ2v) is 9.16. The Kier molecular flexibility index (Phi) is 4.91. The Bertz CT molecular complexity index is 1440. The molecule has 0 aliphatic carbocycles. The number of nitrogens with zero attached hydrogens (tertiary/aromatic N) is 4. The molecular formula is C23H20N4O3S. The largest absolute Gasteiger partial charge is 0.493 e. The van der Waals surface area contributed by atoms with Crippen LogP contribution in [0.4, 0.5) is 0 Å². The smallest absolute Gasteiger partial charge is 0.256 e. The zero-order chi connectivity index (χ0) is 21.3. The van der Waals surface area contributed by atoms with Crippen LogP contribution in [0.1, 0.15) is 5.56 Å². The second kappa shape index (κ2) is 7.88. The van der Waals surface area contributed by atoms with Crippen LogP contribution in [0.5, 0.6) is 5.75 Å². The molecule has 31 heavy (non-hydrogen) atoms. The van der Waals surface area contributed by atoms with E-state index in [1.165, 1.54) is 0 Å². The first-order valence-electron chi connectivity index (χ1n) is 9.90. The molecule has 0 fully saturated rings. The van der Waals surface area contributed by atoms with Crippen LogP contribution in [-0.4, -0.2) is 39.9 Å². The number of hydrogen-bond acceptors (Lipinski definition) is 5. The minimum absolute atomic E-state index is 0.0317. The molecule has 5 aromatic rings. The average Bonchev–Trinajstić information content (AvgIpc) is 3.36. The quantitative estimate of drug-likeness (QED) is 0.393. The molecule has 2 aromatic heterocycles. The molecule has 0 saturated heterocycles. The van der Waals surface area contributed by atoms with E-state index in [1.807, 2.05) is 77.4 Å². The van der Waals surface area contributed by atoms with Crippen molar-refractivity contribution in [3.8, 4) is 5.75 Å². The number of aromatic nitrogens is 4. The van der Waals surface area contributed by atoms with Gasteiger partial charge in [0.2, 0.25) is 15.6 Å². The summed E-state index contributed by atoms with van der Waals surface area (Å²) in [7, 11) is -3.71. The molecule has 8 heteroatoms. The van der Waals surface area contributed by atoms with Crippen molar-refractivity contribution in [2.75, 3.05) is 12.4 Å². The molecule has 0 radical (unpaired) electrons. The van der Waals surface area contributed by atoms with Gasteiger partial charge in [0.05, 0.1) is 23.3 Å². The first kappa shape index (κ1) is 19.3. The second-order valence-electron chi connectivity index (χ2n) is 7.16. The van der Waals surface area contributed by atoms with Crippen molar-refractivity contribution in [3.63, 3.8) is 0 Å². The monoisotopic (exact) mass is 432 g/mol. The van der Waals surface area contributed by atoms with E-state index < -0.39 is 9.84 Å². The Hall–Kier alpha value is -3.65. The van der Waals surface area contributed by atoms with Crippen LogP contribution >= 0.6 is 0 Å². The fourth-order valence-corrected chi connectivity index (χ4v) is 4.75. The van der Waals surface area contributed by atoms with Crippen molar-refractivity contribution in [1.29, 1.82) is 0 Å². The summed E-state index contributed by atoms with van der Waals surface area (Å²) in [5.41, 5.74) is 2.74. The molecule has 156 valence electrons.